The molecule has 0 unspecified atom stereocenters. The van der Waals surface area contributed by atoms with Crippen LogP contribution in [-0.2, 0) is 4.79 Å². The highest BCUT2D eigenvalue weighted by Crippen LogP contribution is 2.37. The van der Waals surface area contributed by atoms with Gasteiger partial charge in [0.25, 0.3) is 0 Å². The number of carboxylic acid groups (broad SMARTS) is 1. The van der Waals surface area contributed by atoms with Crippen molar-refractivity contribution in [2.75, 3.05) is 14.2 Å². The first-order valence-electron chi connectivity index (χ1n) is 6.35. The van der Waals surface area contributed by atoms with E-state index in [0.717, 1.165) is 19.3 Å². The normalized spacial score (nSPS) is 22.8. The molecular formula is C13H18N2O4. The highest BCUT2D eigenvalue weighted by atomic mass is 16.5. The zero-order chi connectivity index (χ0) is 13.8. The van der Waals surface area contributed by atoms with Gasteiger partial charge in [0.05, 0.1) is 26.2 Å². The molecule has 0 bridgehead atoms. The summed E-state index contributed by atoms with van der Waals surface area (Å²) in [4.78, 5) is 19.9. The molecule has 1 fully saturated rings. The van der Waals surface area contributed by atoms with Gasteiger partial charge in [0, 0.05) is 5.92 Å². The van der Waals surface area contributed by atoms with Crippen LogP contribution in [-0.4, -0.2) is 35.3 Å². The van der Waals surface area contributed by atoms with E-state index in [2.05, 4.69) is 9.97 Å². The smallest absolute Gasteiger partial charge is 0.307 e. The third kappa shape index (κ3) is 2.94. The Hall–Kier alpha value is -1.85. The van der Waals surface area contributed by atoms with Crippen molar-refractivity contribution in [2.45, 2.75) is 31.6 Å². The Morgan fingerprint density at radius 1 is 1.21 bits per heavy atom. The Kier molecular flexibility index (Phi) is 4.19. The quantitative estimate of drug-likeness (QED) is 0.895. The maximum absolute atomic E-state index is 11.3. The van der Waals surface area contributed by atoms with Crippen LogP contribution < -0.4 is 9.47 Å². The summed E-state index contributed by atoms with van der Waals surface area (Å²) in [7, 11) is 3.03. The van der Waals surface area contributed by atoms with E-state index in [1.54, 1.807) is 6.07 Å². The molecule has 0 saturated heterocycles. The molecular weight excluding hydrogens is 248 g/mol. The van der Waals surface area contributed by atoms with Gasteiger partial charge in [0.1, 0.15) is 5.82 Å². The minimum Gasteiger partial charge on any atom is -0.481 e. The van der Waals surface area contributed by atoms with E-state index in [1.807, 2.05) is 0 Å². The lowest BCUT2D eigenvalue weighted by Crippen LogP contribution is -2.27. The molecule has 1 aromatic heterocycles. The standard InChI is InChI=1S/C13H18N2O4/c1-18-10-7-11(19-2)15-12(14-10)8-5-3-4-6-9(8)13(16)17/h7-9H,3-6H2,1-2H3,(H,16,17)/t8-,9+/m1/s1. The second-order valence-electron chi connectivity index (χ2n) is 4.65. The van der Waals surface area contributed by atoms with Crippen molar-refractivity contribution in [3.8, 4) is 11.8 Å². The molecule has 1 aliphatic carbocycles. The fourth-order valence-corrected chi connectivity index (χ4v) is 2.53. The number of aliphatic carboxylic acids is 1. The van der Waals surface area contributed by atoms with Crippen molar-refractivity contribution >= 4 is 5.97 Å². The monoisotopic (exact) mass is 266 g/mol. The van der Waals surface area contributed by atoms with Gasteiger partial charge < -0.3 is 14.6 Å². The number of hydrogen-bond donors (Lipinski definition) is 1. The van der Waals surface area contributed by atoms with Crippen molar-refractivity contribution in [1.82, 2.24) is 9.97 Å². The highest BCUT2D eigenvalue weighted by Gasteiger charge is 2.34. The van der Waals surface area contributed by atoms with Crippen LogP contribution in [0.25, 0.3) is 0 Å². The second-order valence-corrected chi connectivity index (χ2v) is 4.65. The summed E-state index contributed by atoms with van der Waals surface area (Å²) in [5, 5.41) is 9.30. The molecule has 0 aliphatic heterocycles. The number of aromatic nitrogens is 2. The topological polar surface area (TPSA) is 81.5 Å². The Bertz CT molecular complexity index is 442. The number of nitrogens with zero attached hydrogens (tertiary/aromatic N) is 2. The maximum atomic E-state index is 11.3. The van der Waals surface area contributed by atoms with Gasteiger partial charge in [-0.1, -0.05) is 12.8 Å². The lowest BCUT2D eigenvalue weighted by molar-refractivity contribution is -0.143. The predicted octanol–water partition coefficient (Wildman–Crippen LogP) is 1.85. The summed E-state index contributed by atoms with van der Waals surface area (Å²) in [6.07, 6.45) is 3.39. The Labute approximate surface area is 111 Å². The van der Waals surface area contributed by atoms with Crippen molar-refractivity contribution in [2.24, 2.45) is 5.92 Å². The molecule has 1 N–H and O–H groups in total. The Morgan fingerprint density at radius 2 is 1.79 bits per heavy atom. The van der Waals surface area contributed by atoms with Crippen LogP contribution in [0.2, 0.25) is 0 Å². The number of ether oxygens (including phenoxy) is 2. The zero-order valence-corrected chi connectivity index (χ0v) is 11.1. The van der Waals surface area contributed by atoms with Gasteiger partial charge in [-0.2, -0.15) is 9.97 Å². The van der Waals surface area contributed by atoms with E-state index >= 15 is 0 Å². The molecule has 1 aliphatic rings. The van der Waals surface area contributed by atoms with E-state index in [0.29, 0.717) is 24.0 Å². The first-order valence-corrected chi connectivity index (χ1v) is 6.35. The molecule has 0 radical (unpaired) electrons. The molecule has 1 saturated carbocycles. The number of rotatable bonds is 4. The van der Waals surface area contributed by atoms with Gasteiger partial charge in [-0.15, -0.1) is 0 Å². The largest absolute Gasteiger partial charge is 0.481 e. The number of hydrogen-bond acceptors (Lipinski definition) is 5. The van der Waals surface area contributed by atoms with Crippen LogP contribution in [0.15, 0.2) is 6.07 Å². The molecule has 0 aromatic carbocycles. The summed E-state index contributed by atoms with van der Waals surface area (Å²) < 4.78 is 10.2. The Morgan fingerprint density at radius 3 is 2.32 bits per heavy atom. The molecule has 0 amide bonds. The van der Waals surface area contributed by atoms with E-state index in [9.17, 15) is 9.90 Å². The second kappa shape index (κ2) is 5.86. The first-order chi connectivity index (χ1) is 9.15. The zero-order valence-electron chi connectivity index (χ0n) is 11.1. The molecule has 1 aromatic rings. The van der Waals surface area contributed by atoms with Crippen LogP contribution in [0.5, 0.6) is 11.8 Å². The van der Waals surface area contributed by atoms with Crippen molar-refractivity contribution in [1.29, 1.82) is 0 Å². The lowest BCUT2D eigenvalue weighted by atomic mass is 9.79. The van der Waals surface area contributed by atoms with Crippen molar-refractivity contribution in [3.63, 3.8) is 0 Å². The van der Waals surface area contributed by atoms with Gasteiger partial charge >= 0.3 is 5.97 Å². The van der Waals surface area contributed by atoms with E-state index in [-0.39, 0.29) is 5.92 Å². The van der Waals surface area contributed by atoms with Gasteiger partial charge in [-0.3, -0.25) is 4.79 Å². The fourth-order valence-electron chi connectivity index (χ4n) is 2.53. The molecule has 2 rings (SSSR count). The maximum Gasteiger partial charge on any atom is 0.307 e. The summed E-state index contributed by atoms with van der Waals surface area (Å²) in [5.74, 6) is -0.0766. The van der Waals surface area contributed by atoms with Crippen LogP contribution in [0.3, 0.4) is 0 Å². The molecule has 104 valence electrons. The fraction of sp³-hybridized carbons (Fsp3) is 0.615. The van der Waals surface area contributed by atoms with Gasteiger partial charge in [-0.25, -0.2) is 0 Å². The Balaban J connectivity index is 2.35. The SMILES string of the molecule is COc1cc(OC)nc([C@@H]2CCCC[C@@H]2C(=O)O)n1. The molecule has 1 heterocycles. The third-order valence-electron chi connectivity index (χ3n) is 3.53. The number of carboxylic acids is 1. The third-order valence-corrected chi connectivity index (χ3v) is 3.53. The summed E-state index contributed by atoms with van der Waals surface area (Å²) in [6.45, 7) is 0. The minimum absolute atomic E-state index is 0.171. The van der Waals surface area contributed by atoms with Gasteiger partial charge in [0.2, 0.25) is 11.8 Å². The van der Waals surface area contributed by atoms with Crippen LogP contribution >= 0.6 is 0 Å². The predicted molar refractivity (Wildman–Crippen MR) is 67.5 cm³/mol. The van der Waals surface area contributed by atoms with E-state index < -0.39 is 11.9 Å². The number of carbonyl (C=O) groups is 1. The first kappa shape index (κ1) is 13.6. The molecule has 19 heavy (non-hydrogen) atoms. The molecule has 2 atom stereocenters. The lowest BCUT2D eigenvalue weighted by Gasteiger charge is -2.27. The highest BCUT2D eigenvalue weighted by molar-refractivity contribution is 5.71. The number of methoxy groups -OCH3 is 2. The average molecular weight is 266 g/mol. The summed E-state index contributed by atoms with van der Waals surface area (Å²) in [6, 6.07) is 1.59. The van der Waals surface area contributed by atoms with E-state index in [4.69, 9.17) is 9.47 Å². The van der Waals surface area contributed by atoms with Crippen LogP contribution in [0.1, 0.15) is 37.4 Å². The van der Waals surface area contributed by atoms with E-state index in [1.165, 1.54) is 14.2 Å². The molecule has 0 spiro atoms. The van der Waals surface area contributed by atoms with Gasteiger partial charge in [0.15, 0.2) is 0 Å². The van der Waals surface area contributed by atoms with Crippen LogP contribution in [0.4, 0.5) is 0 Å². The average Bonchev–Trinajstić information content (AvgIpc) is 2.46. The summed E-state index contributed by atoms with van der Waals surface area (Å²) >= 11 is 0. The minimum atomic E-state index is -0.782. The van der Waals surface area contributed by atoms with Crippen LogP contribution in [0, 0.1) is 5.92 Å². The van der Waals surface area contributed by atoms with Crippen molar-refractivity contribution < 1.29 is 19.4 Å². The molecule has 6 nitrogen and oxygen atoms in total. The van der Waals surface area contributed by atoms with Crippen molar-refractivity contribution in [3.05, 3.63) is 11.9 Å². The molecule has 6 heteroatoms. The van der Waals surface area contributed by atoms with Gasteiger partial charge in [-0.05, 0) is 12.8 Å². The summed E-state index contributed by atoms with van der Waals surface area (Å²) in [5.41, 5.74) is 0.